The van der Waals surface area contributed by atoms with Crippen molar-refractivity contribution in [2.24, 2.45) is 0 Å². The molecule has 1 saturated heterocycles. The first-order valence-electron chi connectivity index (χ1n) is 8.44. The number of nitrogens with one attached hydrogen (secondary N) is 2. The highest BCUT2D eigenvalue weighted by Crippen LogP contribution is 2.11. The summed E-state index contributed by atoms with van der Waals surface area (Å²) < 4.78 is 5.27. The number of furan rings is 1. The lowest BCUT2D eigenvalue weighted by atomic mass is 10.2. The second kappa shape index (κ2) is 8.32. The second-order valence-electron chi connectivity index (χ2n) is 6.10. The second-order valence-corrected chi connectivity index (χ2v) is 6.10. The molecule has 0 bridgehead atoms. The van der Waals surface area contributed by atoms with Gasteiger partial charge in [-0.15, -0.1) is 0 Å². The fourth-order valence-corrected chi connectivity index (χ4v) is 2.87. The van der Waals surface area contributed by atoms with Gasteiger partial charge in [-0.05, 0) is 36.2 Å². The third kappa shape index (κ3) is 5.07. The summed E-state index contributed by atoms with van der Waals surface area (Å²) in [4.78, 5) is 29.8. The van der Waals surface area contributed by atoms with Crippen LogP contribution in [-0.4, -0.2) is 41.0 Å². The molecule has 0 aliphatic carbocycles. The lowest BCUT2D eigenvalue weighted by molar-refractivity contribution is -0.119. The van der Waals surface area contributed by atoms with Crippen molar-refractivity contribution in [3.63, 3.8) is 0 Å². The van der Waals surface area contributed by atoms with E-state index in [1.165, 1.54) is 0 Å². The van der Waals surface area contributed by atoms with E-state index in [0.717, 1.165) is 17.7 Å². The maximum atomic E-state index is 12.6. The zero-order valence-corrected chi connectivity index (χ0v) is 14.0. The molecule has 0 saturated carbocycles. The van der Waals surface area contributed by atoms with Gasteiger partial charge in [0.2, 0.25) is 5.91 Å². The van der Waals surface area contributed by atoms with E-state index in [9.17, 15) is 9.59 Å². The highest BCUT2D eigenvalue weighted by molar-refractivity contribution is 5.79. The third-order valence-corrected chi connectivity index (χ3v) is 4.16. The molecular weight excluding hydrogens is 320 g/mol. The molecule has 0 radical (unpaired) electrons. The van der Waals surface area contributed by atoms with Crippen LogP contribution in [0, 0.1) is 0 Å². The van der Waals surface area contributed by atoms with Crippen molar-refractivity contribution in [2.45, 2.75) is 31.8 Å². The summed E-state index contributed by atoms with van der Waals surface area (Å²) in [6, 6.07) is 7.34. The van der Waals surface area contributed by atoms with Gasteiger partial charge < -0.3 is 20.0 Å². The van der Waals surface area contributed by atoms with Crippen LogP contribution in [0.1, 0.15) is 24.2 Å². The molecular formula is C18H22N4O3. The number of rotatable bonds is 7. The van der Waals surface area contributed by atoms with Gasteiger partial charge in [0.25, 0.3) is 0 Å². The Kier molecular flexibility index (Phi) is 5.66. The van der Waals surface area contributed by atoms with E-state index in [-0.39, 0.29) is 18.0 Å². The summed E-state index contributed by atoms with van der Waals surface area (Å²) in [6.07, 6.45) is 6.95. The zero-order valence-electron chi connectivity index (χ0n) is 14.0. The van der Waals surface area contributed by atoms with Crippen LogP contribution in [0.15, 0.2) is 47.3 Å². The molecule has 0 aromatic carbocycles. The van der Waals surface area contributed by atoms with Crippen LogP contribution >= 0.6 is 0 Å². The maximum Gasteiger partial charge on any atom is 0.317 e. The largest absolute Gasteiger partial charge is 0.469 e. The number of aromatic nitrogens is 1. The lowest BCUT2D eigenvalue weighted by Crippen LogP contribution is -2.46. The van der Waals surface area contributed by atoms with Gasteiger partial charge in [-0.2, -0.15) is 0 Å². The Labute approximate surface area is 146 Å². The molecule has 25 heavy (non-hydrogen) atoms. The fraction of sp³-hybridized carbons (Fsp3) is 0.389. The smallest absolute Gasteiger partial charge is 0.317 e. The number of urea groups is 1. The van der Waals surface area contributed by atoms with Crippen LogP contribution < -0.4 is 10.6 Å². The summed E-state index contributed by atoms with van der Waals surface area (Å²) in [5, 5.41) is 5.84. The quantitative estimate of drug-likeness (QED) is 0.802. The highest BCUT2D eigenvalue weighted by Gasteiger charge is 2.25. The van der Waals surface area contributed by atoms with Gasteiger partial charge in [0.05, 0.1) is 6.26 Å². The van der Waals surface area contributed by atoms with Crippen molar-refractivity contribution in [3.05, 3.63) is 54.2 Å². The number of amides is 3. The maximum absolute atomic E-state index is 12.6. The summed E-state index contributed by atoms with van der Waals surface area (Å²) in [6.45, 7) is 1.46. The Morgan fingerprint density at radius 2 is 2.20 bits per heavy atom. The lowest BCUT2D eigenvalue weighted by Gasteiger charge is -2.26. The molecule has 3 amide bonds. The number of hydrogen-bond acceptors (Lipinski definition) is 4. The van der Waals surface area contributed by atoms with Crippen LogP contribution in [0.2, 0.25) is 0 Å². The molecule has 0 unspecified atom stereocenters. The van der Waals surface area contributed by atoms with E-state index < -0.39 is 0 Å². The minimum Gasteiger partial charge on any atom is -0.469 e. The van der Waals surface area contributed by atoms with E-state index >= 15 is 0 Å². The molecule has 0 spiro atoms. The van der Waals surface area contributed by atoms with Crippen LogP contribution in [0.4, 0.5) is 4.79 Å². The minimum absolute atomic E-state index is 0.00478. The predicted octanol–water partition coefficient (Wildman–Crippen LogP) is 1.71. The molecule has 1 atom stereocenters. The SMILES string of the molecule is O=C1CC[C@@H](CN(Cc2ccncc2)C(=O)NCCc2ccco2)N1. The molecule has 3 rings (SSSR count). The molecule has 1 aliphatic rings. The van der Waals surface area contributed by atoms with Gasteiger partial charge in [0.15, 0.2) is 0 Å². The van der Waals surface area contributed by atoms with Crippen molar-refractivity contribution in [3.8, 4) is 0 Å². The van der Waals surface area contributed by atoms with Gasteiger partial charge in [-0.1, -0.05) is 0 Å². The normalized spacial score (nSPS) is 16.5. The standard InChI is InChI=1S/C18H22N4O3/c23-17-4-3-15(21-17)13-22(12-14-5-8-19-9-6-14)18(24)20-10-7-16-2-1-11-25-16/h1-2,5-6,8-9,11,15H,3-4,7,10,12-13H2,(H,20,24)(H,21,23)/t15-/m0/s1. The molecule has 7 heteroatoms. The first-order chi connectivity index (χ1) is 12.2. The van der Waals surface area contributed by atoms with Crippen LogP contribution in [-0.2, 0) is 17.8 Å². The Morgan fingerprint density at radius 1 is 1.36 bits per heavy atom. The Bertz CT molecular complexity index is 688. The van der Waals surface area contributed by atoms with E-state index in [2.05, 4.69) is 15.6 Å². The molecule has 2 aromatic heterocycles. The molecule has 1 fully saturated rings. The van der Waals surface area contributed by atoms with E-state index in [1.807, 2.05) is 24.3 Å². The number of carbonyl (C=O) groups excluding carboxylic acids is 2. The van der Waals surface area contributed by atoms with Gasteiger partial charge in [0, 0.05) is 50.9 Å². The summed E-state index contributed by atoms with van der Waals surface area (Å²) in [7, 11) is 0. The molecule has 2 N–H and O–H groups in total. The van der Waals surface area contributed by atoms with Crippen molar-refractivity contribution < 1.29 is 14.0 Å². The highest BCUT2D eigenvalue weighted by atomic mass is 16.3. The van der Waals surface area contributed by atoms with Gasteiger partial charge in [-0.25, -0.2) is 4.79 Å². The Balaban J connectivity index is 1.57. The van der Waals surface area contributed by atoms with Crippen molar-refractivity contribution in [2.75, 3.05) is 13.1 Å². The van der Waals surface area contributed by atoms with Crippen LogP contribution in [0.25, 0.3) is 0 Å². The van der Waals surface area contributed by atoms with Crippen LogP contribution in [0.5, 0.6) is 0 Å². The van der Waals surface area contributed by atoms with Crippen molar-refractivity contribution in [1.82, 2.24) is 20.5 Å². The number of pyridine rings is 1. The van der Waals surface area contributed by atoms with Gasteiger partial charge in [0.1, 0.15) is 5.76 Å². The molecule has 7 nitrogen and oxygen atoms in total. The molecule has 3 heterocycles. The number of hydrogen-bond donors (Lipinski definition) is 2. The molecule has 2 aromatic rings. The zero-order chi connectivity index (χ0) is 17.5. The van der Waals surface area contributed by atoms with Gasteiger partial charge >= 0.3 is 6.03 Å². The summed E-state index contributed by atoms with van der Waals surface area (Å²) in [5.41, 5.74) is 1.00. The average Bonchev–Trinajstić information content (AvgIpc) is 3.27. The summed E-state index contributed by atoms with van der Waals surface area (Å²) in [5.74, 6) is 0.885. The first kappa shape index (κ1) is 17.0. The topological polar surface area (TPSA) is 87.5 Å². The minimum atomic E-state index is -0.149. The van der Waals surface area contributed by atoms with Crippen molar-refractivity contribution in [1.29, 1.82) is 0 Å². The third-order valence-electron chi connectivity index (χ3n) is 4.16. The average molecular weight is 342 g/mol. The van der Waals surface area contributed by atoms with Crippen LogP contribution in [0.3, 0.4) is 0 Å². The van der Waals surface area contributed by atoms with E-state index in [4.69, 9.17) is 4.42 Å². The Morgan fingerprint density at radius 3 is 2.88 bits per heavy atom. The number of nitrogens with zero attached hydrogens (tertiary/aromatic N) is 2. The number of carbonyl (C=O) groups is 2. The van der Waals surface area contributed by atoms with Crippen molar-refractivity contribution >= 4 is 11.9 Å². The van der Waals surface area contributed by atoms with Gasteiger partial charge in [-0.3, -0.25) is 9.78 Å². The monoisotopic (exact) mass is 342 g/mol. The Hall–Kier alpha value is -2.83. The summed E-state index contributed by atoms with van der Waals surface area (Å²) >= 11 is 0. The van der Waals surface area contributed by atoms with E-state index in [1.54, 1.807) is 23.6 Å². The molecule has 132 valence electrons. The van der Waals surface area contributed by atoms with E-state index in [0.29, 0.717) is 32.5 Å². The predicted molar refractivity (Wildman–Crippen MR) is 91.6 cm³/mol. The molecule has 1 aliphatic heterocycles. The first-order valence-corrected chi connectivity index (χ1v) is 8.44. The fourth-order valence-electron chi connectivity index (χ4n) is 2.87.